The van der Waals surface area contributed by atoms with E-state index in [9.17, 15) is 4.79 Å². The fourth-order valence-corrected chi connectivity index (χ4v) is 2.11. The highest BCUT2D eigenvalue weighted by atomic mass is 16.5. The summed E-state index contributed by atoms with van der Waals surface area (Å²) < 4.78 is 5.32. The lowest BCUT2D eigenvalue weighted by Crippen LogP contribution is -2.07. The molecule has 0 atom stereocenters. The molecule has 0 aliphatic heterocycles. The molecule has 0 spiro atoms. The van der Waals surface area contributed by atoms with Gasteiger partial charge in [0.15, 0.2) is 0 Å². The van der Waals surface area contributed by atoms with Crippen LogP contribution in [0.4, 0.5) is 0 Å². The zero-order valence-corrected chi connectivity index (χ0v) is 12.1. The van der Waals surface area contributed by atoms with Gasteiger partial charge in [-0.05, 0) is 30.5 Å². The molecule has 104 valence electrons. The molecule has 0 unspecified atom stereocenters. The largest absolute Gasteiger partial charge is 0.462 e. The minimum absolute atomic E-state index is 0.240. The first-order chi connectivity index (χ1) is 9.72. The summed E-state index contributed by atoms with van der Waals surface area (Å²) in [5, 5.41) is 0. The monoisotopic (exact) mass is 268 g/mol. The summed E-state index contributed by atoms with van der Waals surface area (Å²) in [5.74, 6) is -0.240. The van der Waals surface area contributed by atoms with E-state index in [2.05, 4.69) is 13.0 Å². The van der Waals surface area contributed by atoms with Crippen LogP contribution in [0.2, 0.25) is 0 Å². The molecule has 0 radical (unpaired) electrons. The summed E-state index contributed by atoms with van der Waals surface area (Å²) in [6.45, 7) is 4.61. The molecule has 0 bridgehead atoms. The van der Waals surface area contributed by atoms with Gasteiger partial charge in [0, 0.05) is 0 Å². The van der Waals surface area contributed by atoms with E-state index < -0.39 is 0 Å². The molecule has 0 amide bonds. The SMILES string of the molecule is CCCCOC(=O)c1ccccc1-c1cccc(C)c1. The Morgan fingerprint density at radius 2 is 1.90 bits per heavy atom. The van der Waals surface area contributed by atoms with Crippen LogP contribution < -0.4 is 0 Å². The minimum Gasteiger partial charge on any atom is -0.462 e. The Balaban J connectivity index is 2.28. The number of hydrogen-bond acceptors (Lipinski definition) is 2. The van der Waals surface area contributed by atoms with Gasteiger partial charge in [-0.3, -0.25) is 0 Å². The summed E-state index contributed by atoms with van der Waals surface area (Å²) in [6.07, 6.45) is 1.92. The van der Waals surface area contributed by atoms with E-state index in [4.69, 9.17) is 4.74 Å². The molecule has 0 fully saturated rings. The fourth-order valence-electron chi connectivity index (χ4n) is 2.11. The topological polar surface area (TPSA) is 26.3 Å². The molecule has 20 heavy (non-hydrogen) atoms. The molecular formula is C18H20O2. The number of rotatable bonds is 5. The number of benzene rings is 2. The predicted octanol–water partition coefficient (Wildman–Crippen LogP) is 4.62. The van der Waals surface area contributed by atoms with E-state index in [0.717, 1.165) is 24.0 Å². The van der Waals surface area contributed by atoms with Crippen molar-refractivity contribution < 1.29 is 9.53 Å². The van der Waals surface area contributed by atoms with E-state index in [-0.39, 0.29) is 5.97 Å². The molecule has 2 heteroatoms. The second-order valence-corrected chi connectivity index (χ2v) is 4.90. The van der Waals surface area contributed by atoms with Crippen LogP contribution in [0.5, 0.6) is 0 Å². The Morgan fingerprint density at radius 1 is 1.10 bits per heavy atom. The Labute approximate surface area is 120 Å². The van der Waals surface area contributed by atoms with Gasteiger partial charge in [0.2, 0.25) is 0 Å². The lowest BCUT2D eigenvalue weighted by atomic mass is 9.98. The van der Waals surface area contributed by atoms with Crippen LogP contribution in [-0.4, -0.2) is 12.6 Å². The average Bonchev–Trinajstić information content (AvgIpc) is 2.47. The lowest BCUT2D eigenvalue weighted by Gasteiger charge is -2.10. The minimum atomic E-state index is -0.240. The van der Waals surface area contributed by atoms with Crippen molar-refractivity contribution >= 4 is 5.97 Å². The van der Waals surface area contributed by atoms with Crippen LogP contribution in [0.15, 0.2) is 48.5 Å². The van der Waals surface area contributed by atoms with Gasteiger partial charge in [-0.25, -0.2) is 4.79 Å². The third-order valence-electron chi connectivity index (χ3n) is 3.21. The van der Waals surface area contributed by atoms with Crippen molar-refractivity contribution in [3.05, 3.63) is 59.7 Å². The fraction of sp³-hybridized carbons (Fsp3) is 0.278. The van der Waals surface area contributed by atoms with Crippen LogP contribution >= 0.6 is 0 Å². The standard InChI is InChI=1S/C18H20O2/c1-3-4-12-20-18(19)17-11-6-5-10-16(17)15-9-7-8-14(2)13-15/h5-11,13H,3-4,12H2,1-2H3. The Kier molecular flexibility index (Phi) is 4.94. The molecule has 0 aliphatic rings. The molecule has 2 aromatic rings. The van der Waals surface area contributed by atoms with E-state index in [1.807, 2.05) is 49.4 Å². The number of hydrogen-bond donors (Lipinski definition) is 0. The summed E-state index contributed by atoms with van der Waals surface area (Å²) in [5.41, 5.74) is 3.79. The maximum atomic E-state index is 12.2. The molecule has 2 aromatic carbocycles. The van der Waals surface area contributed by atoms with E-state index in [1.54, 1.807) is 0 Å². The maximum Gasteiger partial charge on any atom is 0.338 e. The highest BCUT2D eigenvalue weighted by Gasteiger charge is 2.13. The molecule has 2 rings (SSSR count). The van der Waals surface area contributed by atoms with Crippen LogP contribution in [0.25, 0.3) is 11.1 Å². The van der Waals surface area contributed by atoms with Crippen molar-refractivity contribution in [1.29, 1.82) is 0 Å². The first kappa shape index (κ1) is 14.3. The summed E-state index contributed by atoms with van der Waals surface area (Å²) in [7, 11) is 0. The number of carbonyl (C=O) groups is 1. The third kappa shape index (κ3) is 3.47. The van der Waals surface area contributed by atoms with Gasteiger partial charge in [-0.1, -0.05) is 61.4 Å². The van der Waals surface area contributed by atoms with Crippen molar-refractivity contribution in [2.45, 2.75) is 26.7 Å². The third-order valence-corrected chi connectivity index (χ3v) is 3.21. The summed E-state index contributed by atoms with van der Waals surface area (Å²) >= 11 is 0. The number of esters is 1. The van der Waals surface area contributed by atoms with Gasteiger partial charge < -0.3 is 4.74 Å². The van der Waals surface area contributed by atoms with Gasteiger partial charge in [-0.15, -0.1) is 0 Å². The van der Waals surface area contributed by atoms with Crippen molar-refractivity contribution in [1.82, 2.24) is 0 Å². The summed E-state index contributed by atoms with van der Waals surface area (Å²) in [6, 6.07) is 15.8. The zero-order chi connectivity index (χ0) is 14.4. The van der Waals surface area contributed by atoms with Crippen molar-refractivity contribution in [3.8, 4) is 11.1 Å². The molecule has 0 N–H and O–H groups in total. The predicted molar refractivity (Wildman–Crippen MR) is 81.8 cm³/mol. The zero-order valence-electron chi connectivity index (χ0n) is 12.1. The number of carbonyl (C=O) groups excluding carboxylic acids is 1. The molecular weight excluding hydrogens is 248 g/mol. The van der Waals surface area contributed by atoms with Gasteiger partial charge in [-0.2, -0.15) is 0 Å². The van der Waals surface area contributed by atoms with Crippen molar-refractivity contribution in [3.63, 3.8) is 0 Å². The Hall–Kier alpha value is -2.09. The smallest absolute Gasteiger partial charge is 0.338 e. The Morgan fingerprint density at radius 3 is 2.65 bits per heavy atom. The van der Waals surface area contributed by atoms with Crippen molar-refractivity contribution in [2.24, 2.45) is 0 Å². The first-order valence-electron chi connectivity index (χ1n) is 7.05. The second kappa shape index (κ2) is 6.90. The average molecular weight is 268 g/mol. The molecule has 0 saturated heterocycles. The maximum absolute atomic E-state index is 12.2. The summed E-state index contributed by atoms with van der Waals surface area (Å²) in [4.78, 5) is 12.2. The number of aryl methyl sites for hydroxylation is 1. The van der Waals surface area contributed by atoms with Gasteiger partial charge in [0.05, 0.1) is 12.2 Å². The van der Waals surface area contributed by atoms with Crippen LogP contribution in [0.3, 0.4) is 0 Å². The Bertz CT molecular complexity index is 587. The van der Waals surface area contributed by atoms with E-state index in [0.29, 0.717) is 12.2 Å². The molecule has 0 heterocycles. The molecule has 2 nitrogen and oxygen atoms in total. The highest BCUT2D eigenvalue weighted by Crippen LogP contribution is 2.25. The van der Waals surface area contributed by atoms with Gasteiger partial charge >= 0.3 is 5.97 Å². The van der Waals surface area contributed by atoms with Crippen LogP contribution in [0.1, 0.15) is 35.7 Å². The number of ether oxygens (including phenoxy) is 1. The molecule has 0 aliphatic carbocycles. The first-order valence-corrected chi connectivity index (χ1v) is 7.05. The van der Waals surface area contributed by atoms with Crippen molar-refractivity contribution in [2.75, 3.05) is 6.61 Å². The van der Waals surface area contributed by atoms with Crippen LogP contribution in [0, 0.1) is 6.92 Å². The molecule has 0 aromatic heterocycles. The van der Waals surface area contributed by atoms with E-state index in [1.165, 1.54) is 5.56 Å². The van der Waals surface area contributed by atoms with Gasteiger partial charge in [0.25, 0.3) is 0 Å². The lowest BCUT2D eigenvalue weighted by molar-refractivity contribution is 0.0500. The van der Waals surface area contributed by atoms with E-state index >= 15 is 0 Å². The highest BCUT2D eigenvalue weighted by molar-refractivity contribution is 5.97. The van der Waals surface area contributed by atoms with Gasteiger partial charge in [0.1, 0.15) is 0 Å². The quantitative estimate of drug-likeness (QED) is 0.584. The van der Waals surface area contributed by atoms with Crippen LogP contribution in [-0.2, 0) is 4.74 Å². The second-order valence-electron chi connectivity index (χ2n) is 4.90. The molecule has 0 saturated carbocycles. The normalized spacial score (nSPS) is 10.3. The number of unbranched alkanes of at least 4 members (excludes halogenated alkanes) is 1.